The molecular weight excluding hydrogens is 250 g/mol. The third kappa shape index (κ3) is 1.62. The van der Waals surface area contributed by atoms with E-state index in [0.717, 1.165) is 17.7 Å². The van der Waals surface area contributed by atoms with Crippen LogP contribution < -0.4 is 0 Å². The molecule has 0 saturated heterocycles. The first-order chi connectivity index (χ1) is 8.99. The summed E-state index contributed by atoms with van der Waals surface area (Å²) in [7, 11) is 0. The Hall–Kier alpha value is -2.30. The number of aromatic nitrogens is 2. The molecule has 0 N–H and O–H groups in total. The third-order valence-corrected chi connectivity index (χ3v) is 3.19. The van der Waals surface area contributed by atoms with Crippen molar-refractivity contribution in [1.82, 2.24) is 9.55 Å². The van der Waals surface area contributed by atoms with E-state index in [2.05, 4.69) is 4.98 Å². The van der Waals surface area contributed by atoms with Gasteiger partial charge in [-0.1, -0.05) is 0 Å². The van der Waals surface area contributed by atoms with Crippen molar-refractivity contribution in [3.63, 3.8) is 0 Å². The molecule has 2 aromatic heterocycles. The predicted octanol–water partition coefficient (Wildman–Crippen LogP) is 3.44. The molecule has 96 valence electrons. The minimum absolute atomic E-state index is 0.169. The van der Waals surface area contributed by atoms with Gasteiger partial charge in [-0.25, -0.2) is 8.78 Å². The van der Waals surface area contributed by atoms with Gasteiger partial charge >= 0.3 is 0 Å². The van der Waals surface area contributed by atoms with Gasteiger partial charge in [0.05, 0.1) is 16.4 Å². The van der Waals surface area contributed by atoms with Crippen molar-refractivity contribution < 1.29 is 13.6 Å². The lowest BCUT2D eigenvalue weighted by molar-refractivity contribution is 0.0941. The van der Waals surface area contributed by atoms with E-state index in [1.54, 1.807) is 6.20 Å². The zero-order valence-corrected chi connectivity index (χ0v) is 10.4. The van der Waals surface area contributed by atoms with Crippen molar-refractivity contribution in [3.05, 3.63) is 41.7 Å². The van der Waals surface area contributed by atoms with Crippen molar-refractivity contribution in [1.29, 1.82) is 0 Å². The van der Waals surface area contributed by atoms with Gasteiger partial charge in [-0.3, -0.25) is 14.3 Å². The van der Waals surface area contributed by atoms with Gasteiger partial charge in [0.15, 0.2) is 0 Å². The second-order valence-electron chi connectivity index (χ2n) is 4.50. The molecule has 0 saturated carbocycles. The Morgan fingerprint density at radius 2 is 2.05 bits per heavy atom. The molecule has 0 unspecified atom stereocenters. The molecule has 0 radical (unpaired) electrons. The smallest absolute Gasteiger partial charge is 0.227 e. The molecule has 0 atom stereocenters. The predicted molar refractivity (Wildman–Crippen MR) is 68.2 cm³/mol. The highest BCUT2D eigenvalue weighted by Gasteiger charge is 2.16. The first-order valence-corrected chi connectivity index (χ1v) is 5.75. The number of nitrogens with zero attached hydrogens (tertiary/aromatic N) is 2. The minimum Gasteiger partial charge on any atom is -0.286 e. The largest absolute Gasteiger partial charge is 0.286 e. The molecule has 3 nitrogen and oxygen atoms in total. The summed E-state index contributed by atoms with van der Waals surface area (Å²) in [5.74, 6) is -1.63. The van der Waals surface area contributed by atoms with Crippen LogP contribution >= 0.6 is 0 Å². The quantitative estimate of drug-likeness (QED) is 0.620. The van der Waals surface area contributed by atoms with Crippen molar-refractivity contribution in [3.8, 4) is 0 Å². The van der Waals surface area contributed by atoms with Crippen LogP contribution in [0.25, 0.3) is 21.8 Å². The van der Waals surface area contributed by atoms with Crippen LogP contribution in [0, 0.1) is 18.6 Å². The Morgan fingerprint density at radius 3 is 2.74 bits per heavy atom. The van der Waals surface area contributed by atoms with Gasteiger partial charge in [0.1, 0.15) is 11.6 Å². The fourth-order valence-corrected chi connectivity index (χ4v) is 2.34. The van der Waals surface area contributed by atoms with Gasteiger partial charge in [-0.2, -0.15) is 0 Å². The summed E-state index contributed by atoms with van der Waals surface area (Å²) in [6.07, 6.45) is 3.17. The molecule has 0 spiro atoms. The average Bonchev–Trinajstić information content (AvgIpc) is 2.66. The van der Waals surface area contributed by atoms with E-state index in [-0.39, 0.29) is 16.8 Å². The number of hydrogen-bond donors (Lipinski definition) is 0. The summed E-state index contributed by atoms with van der Waals surface area (Å²) in [4.78, 5) is 15.7. The minimum atomic E-state index is -0.714. The molecule has 0 bridgehead atoms. The van der Waals surface area contributed by atoms with Crippen molar-refractivity contribution in [2.24, 2.45) is 0 Å². The van der Waals surface area contributed by atoms with Crippen LogP contribution in [0.5, 0.6) is 0 Å². The number of hydrogen-bond acceptors (Lipinski definition) is 2. The second kappa shape index (κ2) is 3.85. The molecular formula is C14H10F2N2O. The number of carbonyl (C=O) groups is 1. The second-order valence-corrected chi connectivity index (χ2v) is 4.50. The first-order valence-electron chi connectivity index (χ1n) is 5.75. The van der Waals surface area contributed by atoms with E-state index in [4.69, 9.17) is 0 Å². The summed E-state index contributed by atoms with van der Waals surface area (Å²) in [6.45, 7) is 3.21. The van der Waals surface area contributed by atoms with Gasteiger partial charge in [-0.15, -0.1) is 0 Å². The number of benzene rings is 1. The molecule has 3 rings (SSSR count). The standard InChI is InChI=1S/C14H10F2N2O/c1-7-6-18(8(2)19)14-10(7)5-17-12-4-9(15)3-11(16)13(12)14/h3-6H,1-2H3. The van der Waals surface area contributed by atoms with E-state index in [0.29, 0.717) is 10.9 Å². The van der Waals surface area contributed by atoms with E-state index < -0.39 is 11.6 Å². The highest BCUT2D eigenvalue weighted by atomic mass is 19.1. The van der Waals surface area contributed by atoms with Crippen LogP contribution in [-0.2, 0) is 0 Å². The van der Waals surface area contributed by atoms with Crippen molar-refractivity contribution >= 4 is 27.7 Å². The average molecular weight is 260 g/mol. The molecule has 0 aliphatic rings. The summed E-state index contributed by atoms with van der Waals surface area (Å²) in [6, 6.07) is 1.96. The van der Waals surface area contributed by atoms with Crippen LogP contribution in [0.3, 0.4) is 0 Å². The maximum absolute atomic E-state index is 14.0. The van der Waals surface area contributed by atoms with Gasteiger partial charge in [0.2, 0.25) is 5.91 Å². The normalized spacial score (nSPS) is 11.4. The molecule has 0 amide bonds. The molecule has 0 aliphatic heterocycles. The van der Waals surface area contributed by atoms with Gasteiger partial charge in [0.25, 0.3) is 0 Å². The van der Waals surface area contributed by atoms with Crippen molar-refractivity contribution in [2.45, 2.75) is 13.8 Å². The number of aryl methyl sites for hydroxylation is 1. The zero-order chi connectivity index (χ0) is 13.7. The maximum atomic E-state index is 14.0. The molecule has 0 fully saturated rings. The number of pyridine rings is 1. The van der Waals surface area contributed by atoms with Crippen LogP contribution in [0.1, 0.15) is 17.3 Å². The fraction of sp³-hybridized carbons (Fsp3) is 0.143. The first kappa shape index (κ1) is 11.8. The molecule has 5 heteroatoms. The lowest BCUT2D eigenvalue weighted by atomic mass is 10.1. The van der Waals surface area contributed by atoms with E-state index in [9.17, 15) is 13.6 Å². The molecule has 2 heterocycles. The molecule has 19 heavy (non-hydrogen) atoms. The third-order valence-electron chi connectivity index (χ3n) is 3.19. The SMILES string of the molecule is CC(=O)n1cc(C)c2cnc3cc(F)cc(F)c3c21. The lowest BCUT2D eigenvalue weighted by Crippen LogP contribution is -2.04. The fourth-order valence-electron chi connectivity index (χ4n) is 2.34. The van der Waals surface area contributed by atoms with Crippen LogP contribution in [-0.4, -0.2) is 15.5 Å². The van der Waals surface area contributed by atoms with Crippen LogP contribution in [0.15, 0.2) is 24.5 Å². The summed E-state index contributed by atoms with van der Waals surface area (Å²) in [5.41, 5.74) is 1.46. The Morgan fingerprint density at radius 1 is 1.32 bits per heavy atom. The maximum Gasteiger partial charge on any atom is 0.227 e. The number of fused-ring (bicyclic) bond motifs is 3. The molecule has 0 aliphatic carbocycles. The van der Waals surface area contributed by atoms with Crippen LogP contribution in [0.4, 0.5) is 8.78 Å². The Kier molecular flexibility index (Phi) is 2.38. The topological polar surface area (TPSA) is 34.9 Å². The van der Waals surface area contributed by atoms with Gasteiger partial charge in [0, 0.05) is 36.8 Å². The van der Waals surface area contributed by atoms with Crippen LogP contribution in [0.2, 0.25) is 0 Å². The van der Waals surface area contributed by atoms with E-state index in [1.165, 1.54) is 17.7 Å². The van der Waals surface area contributed by atoms with E-state index >= 15 is 0 Å². The Balaban J connectivity index is 2.62. The van der Waals surface area contributed by atoms with Gasteiger partial charge < -0.3 is 0 Å². The number of carbonyl (C=O) groups excluding carboxylic acids is 1. The van der Waals surface area contributed by atoms with Crippen molar-refractivity contribution in [2.75, 3.05) is 0 Å². The zero-order valence-electron chi connectivity index (χ0n) is 10.4. The highest BCUT2D eigenvalue weighted by Crippen LogP contribution is 2.29. The summed E-state index contributed by atoms with van der Waals surface area (Å²) in [5, 5.41) is 0.857. The molecule has 3 aromatic rings. The number of rotatable bonds is 0. The summed E-state index contributed by atoms with van der Waals surface area (Å²) < 4.78 is 28.6. The number of halogens is 2. The Labute approximate surface area is 107 Å². The monoisotopic (exact) mass is 260 g/mol. The van der Waals surface area contributed by atoms with E-state index in [1.807, 2.05) is 6.92 Å². The van der Waals surface area contributed by atoms with Gasteiger partial charge in [-0.05, 0) is 12.5 Å². The highest BCUT2D eigenvalue weighted by molar-refractivity contribution is 6.08. The summed E-state index contributed by atoms with van der Waals surface area (Å²) >= 11 is 0. The Bertz CT molecular complexity index is 836. The lowest BCUT2D eigenvalue weighted by Gasteiger charge is -2.05. The molecule has 1 aromatic carbocycles.